The van der Waals surface area contributed by atoms with Gasteiger partial charge in [-0.2, -0.15) is 0 Å². The average Bonchev–Trinajstić information content (AvgIpc) is 2.62. The molecule has 5 nitrogen and oxygen atoms in total. The minimum absolute atomic E-state index is 0.137. The van der Waals surface area contributed by atoms with Crippen molar-refractivity contribution in [3.63, 3.8) is 0 Å². The van der Waals surface area contributed by atoms with Crippen LogP contribution in [0.25, 0.3) is 0 Å². The minimum Gasteiger partial charge on any atom is -0.496 e. The van der Waals surface area contributed by atoms with E-state index in [-0.39, 0.29) is 18.4 Å². The maximum atomic E-state index is 12.1. The first-order chi connectivity index (χ1) is 10.0. The van der Waals surface area contributed by atoms with Crippen molar-refractivity contribution in [2.45, 2.75) is 45.3 Å². The predicted octanol–water partition coefficient (Wildman–Crippen LogP) is 2.18. The molecule has 114 valence electrons. The van der Waals surface area contributed by atoms with E-state index in [2.05, 4.69) is 0 Å². The van der Waals surface area contributed by atoms with Crippen LogP contribution in [0.15, 0.2) is 18.2 Å². The average molecular weight is 291 g/mol. The highest BCUT2D eigenvalue weighted by atomic mass is 16.5. The molecule has 1 aliphatic heterocycles. The number of hydrogen-bond acceptors (Lipinski definition) is 4. The molecule has 2 amide bonds. The van der Waals surface area contributed by atoms with Gasteiger partial charge in [0.1, 0.15) is 5.75 Å². The summed E-state index contributed by atoms with van der Waals surface area (Å²) in [6, 6.07) is 5.32. The van der Waals surface area contributed by atoms with Crippen LogP contribution in [0.2, 0.25) is 0 Å². The molecule has 0 saturated carbocycles. The topological polar surface area (TPSA) is 66.8 Å². The summed E-state index contributed by atoms with van der Waals surface area (Å²) in [7, 11) is 1.55. The third-order valence-corrected chi connectivity index (χ3v) is 3.75. The quantitative estimate of drug-likeness (QED) is 0.863. The highest BCUT2D eigenvalue weighted by Gasteiger charge is 2.25. The van der Waals surface area contributed by atoms with Gasteiger partial charge in [-0.15, -0.1) is 0 Å². The zero-order valence-corrected chi connectivity index (χ0v) is 12.5. The van der Waals surface area contributed by atoms with Crippen LogP contribution >= 0.6 is 0 Å². The molecule has 1 N–H and O–H groups in total. The summed E-state index contributed by atoms with van der Waals surface area (Å²) in [5.41, 5.74) is 1.47. The summed E-state index contributed by atoms with van der Waals surface area (Å²) in [5.74, 6) is 0.341. The van der Waals surface area contributed by atoms with E-state index in [0.29, 0.717) is 18.6 Å². The van der Waals surface area contributed by atoms with E-state index in [9.17, 15) is 14.7 Å². The van der Waals surface area contributed by atoms with Gasteiger partial charge in [-0.25, -0.2) is 0 Å². The van der Waals surface area contributed by atoms with Gasteiger partial charge in [-0.1, -0.05) is 6.07 Å². The van der Waals surface area contributed by atoms with E-state index in [0.717, 1.165) is 24.0 Å². The fourth-order valence-electron chi connectivity index (χ4n) is 2.49. The summed E-state index contributed by atoms with van der Waals surface area (Å²) in [6.45, 7) is 1.87. The lowest BCUT2D eigenvalue weighted by Gasteiger charge is -2.21. The van der Waals surface area contributed by atoms with Crippen molar-refractivity contribution in [2.75, 3.05) is 7.11 Å². The Morgan fingerprint density at radius 3 is 2.38 bits per heavy atom. The number of carbonyl (C=O) groups excluding carboxylic acids is 2. The van der Waals surface area contributed by atoms with Gasteiger partial charge in [0.05, 0.1) is 19.8 Å². The van der Waals surface area contributed by atoms with E-state index < -0.39 is 6.10 Å². The van der Waals surface area contributed by atoms with Crippen LogP contribution in [0.5, 0.6) is 5.75 Å². The molecule has 0 aromatic heterocycles. The molecule has 1 fully saturated rings. The number of likely N-dealkylation sites (tertiary alicyclic amines) is 1. The van der Waals surface area contributed by atoms with Crippen LogP contribution in [-0.4, -0.2) is 28.9 Å². The molecule has 0 bridgehead atoms. The van der Waals surface area contributed by atoms with Gasteiger partial charge < -0.3 is 9.84 Å². The lowest BCUT2D eigenvalue weighted by atomic mass is 10.1. The van der Waals surface area contributed by atoms with Crippen LogP contribution in [0.1, 0.15) is 49.8 Å². The largest absolute Gasteiger partial charge is 0.496 e. The number of aliphatic hydroxyl groups excluding tert-OH is 1. The Labute approximate surface area is 124 Å². The number of aliphatic hydroxyl groups is 1. The van der Waals surface area contributed by atoms with Crippen LogP contribution in [0, 0.1) is 0 Å². The Morgan fingerprint density at radius 2 is 1.86 bits per heavy atom. The summed E-state index contributed by atoms with van der Waals surface area (Å²) in [5, 5.41) is 9.68. The molecule has 5 heteroatoms. The van der Waals surface area contributed by atoms with Crippen LogP contribution in [-0.2, 0) is 16.1 Å². The summed E-state index contributed by atoms with van der Waals surface area (Å²) < 4.78 is 5.29. The van der Waals surface area contributed by atoms with E-state index >= 15 is 0 Å². The summed E-state index contributed by atoms with van der Waals surface area (Å²) >= 11 is 0. The van der Waals surface area contributed by atoms with Crippen LogP contribution in [0.4, 0.5) is 0 Å². The highest BCUT2D eigenvalue weighted by Crippen LogP contribution is 2.26. The molecule has 1 saturated heterocycles. The second kappa shape index (κ2) is 6.72. The van der Waals surface area contributed by atoms with Crippen molar-refractivity contribution in [3.05, 3.63) is 29.3 Å². The Balaban J connectivity index is 2.29. The lowest BCUT2D eigenvalue weighted by Crippen LogP contribution is -2.34. The molecule has 2 rings (SSSR count). The Morgan fingerprint density at radius 1 is 1.24 bits per heavy atom. The molecular formula is C16H21NO4. The molecule has 1 aliphatic rings. The minimum atomic E-state index is -0.606. The Kier molecular flexibility index (Phi) is 4.96. The fraction of sp³-hybridized carbons (Fsp3) is 0.500. The summed E-state index contributed by atoms with van der Waals surface area (Å²) in [6.07, 6.45) is 1.72. The van der Waals surface area contributed by atoms with E-state index in [1.807, 2.05) is 0 Å². The fourth-order valence-corrected chi connectivity index (χ4v) is 2.49. The van der Waals surface area contributed by atoms with Gasteiger partial charge in [-0.3, -0.25) is 14.5 Å². The maximum absolute atomic E-state index is 12.1. The zero-order chi connectivity index (χ0) is 15.4. The second-order valence-electron chi connectivity index (χ2n) is 5.33. The molecular weight excluding hydrogens is 270 g/mol. The lowest BCUT2D eigenvalue weighted by molar-refractivity contribution is -0.144. The van der Waals surface area contributed by atoms with Crippen LogP contribution < -0.4 is 4.74 Å². The number of carbonyl (C=O) groups is 2. The standard InChI is InChI=1S/C16H21NO4/c1-11(18)12-7-8-14(21-2)13(9-12)10-17-15(19)5-3-4-6-16(17)20/h7-9,11,18H,3-6,10H2,1-2H3. The molecule has 0 spiro atoms. The van der Waals surface area contributed by atoms with Crippen molar-refractivity contribution in [3.8, 4) is 5.75 Å². The monoisotopic (exact) mass is 291 g/mol. The molecule has 1 atom stereocenters. The maximum Gasteiger partial charge on any atom is 0.229 e. The first-order valence-corrected chi connectivity index (χ1v) is 7.21. The highest BCUT2D eigenvalue weighted by molar-refractivity contribution is 5.96. The molecule has 1 heterocycles. The summed E-state index contributed by atoms with van der Waals surface area (Å²) in [4.78, 5) is 25.4. The molecule has 1 aromatic carbocycles. The first-order valence-electron chi connectivity index (χ1n) is 7.21. The number of imide groups is 1. The van der Waals surface area contributed by atoms with Gasteiger partial charge in [0, 0.05) is 18.4 Å². The van der Waals surface area contributed by atoms with Crippen molar-refractivity contribution < 1.29 is 19.4 Å². The van der Waals surface area contributed by atoms with Gasteiger partial charge >= 0.3 is 0 Å². The third kappa shape index (κ3) is 3.61. The number of hydrogen-bond donors (Lipinski definition) is 1. The zero-order valence-electron chi connectivity index (χ0n) is 12.5. The van der Waals surface area contributed by atoms with Gasteiger partial charge in [-0.05, 0) is 37.5 Å². The SMILES string of the molecule is COc1ccc(C(C)O)cc1CN1C(=O)CCCCC1=O. The van der Waals surface area contributed by atoms with Gasteiger partial charge in [0.15, 0.2) is 0 Å². The Bertz CT molecular complexity index is 521. The van der Waals surface area contributed by atoms with Crippen molar-refractivity contribution in [1.82, 2.24) is 4.90 Å². The number of nitrogens with zero attached hydrogens (tertiary/aromatic N) is 1. The van der Waals surface area contributed by atoms with E-state index in [1.165, 1.54) is 4.90 Å². The van der Waals surface area contributed by atoms with Crippen molar-refractivity contribution >= 4 is 11.8 Å². The first kappa shape index (κ1) is 15.5. The molecule has 0 aliphatic carbocycles. The molecule has 1 unspecified atom stereocenters. The predicted molar refractivity (Wildman–Crippen MR) is 77.7 cm³/mol. The molecule has 1 aromatic rings. The molecule has 0 radical (unpaired) electrons. The van der Waals surface area contributed by atoms with Crippen molar-refractivity contribution in [1.29, 1.82) is 0 Å². The third-order valence-electron chi connectivity index (χ3n) is 3.75. The van der Waals surface area contributed by atoms with Crippen LogP contribution in [0.3, 0.4) is 0 Å². The number of amides is 2. The van der Waals surface area contributed by atoms with Gasteiger partial charge in [0.25, 0.3) is 0 Å². The number of rotatable bonds is 4. The number of methoxy groups -OCH3 is 1. The smallest absolute Gasteiger partial charge is 0.229 e. The normalized spacial score (nSPS) is 17.6. The van der Waals surface area contributed by atoms with E-state index in [4.69, 9.17) is 4.74 Å². The van der Waals surface area contributed by atoms with Gasteiger partial charge in [0.2, 0.25) is 11.8 Å². The Hall–Kier alpha value is -1.88. The number of ether oxygens (including phenoxy) is 1. The van der Waals surface area contributed by atoms with Crippen molar-refractivity contribution in [2.24, 2.45) is 0 Å². The molecule has 21 heavy (non-hydrogen) atoms. The number of benzene rings is 1. The van der Waals surface area contributed by atoms with E-state index in [1.54, 1.807) is 32.2 Å². The second-order valence-corrected chi connectivity index (χ2v) is 5.33.